The van der Waals surface area contributed by atoms with E-state index in [0.29, 0.717) is 13.1 Å². The first-order chi connectivity index (χ1) is 1.91. The molecular formula is C4H13N2Ta-3. The second-order valence-corrected chi connectivity index (χ2v) is 0.539. The Hall–Kier alpha value is 0.660. The predicted octanol–water partition coefficient (Wildman–Crippen LogP) is 0.895. The molecule has 0 rings (SSSR count). The van der Waals surface area contributed by atoms with Crippen molar-refractivity contribution < 1.29 is 22.4 Å². The van der Waals surface area contributed by atoms with E-state index in [9.17, 15) is 0 Å². The largest absolute Gasteiger partial charge is 0.676 e. The van der Waals surface area contributed by atoms with Crippen molar-refractivity contribution in [3.63, 3.8) is 0 Å². The number of hydrogen-bond donors (Lipinski definition) is 1. The first kappa shape index (κ1) is 25.4. The van der Waals surface area contributed by atoms with E-state index in [1.54, 1.807) is 0 Å². The van der Waals surface area contributed by atoms with Crippen LogP contribution in [-0.4, -0.2) is 13.1 Å². The maximum atomic E-state index is 6.33. The van der Waals surface area contributed by atoms with E-state index in [-0.39, 0.29) is 37.2 Å². The van der Waals surface area contributed by atoms with Crippen molar-refractivity contribution in [1.29, 1.82) is 0 Å². The van der Waals surface area contributed by atoms with Gasteiger partial charge in [0.1, 0.15) is 0 Å². The molecule has 3 N–H and O–H groups in total. The zero-order chi connectivity index (χ0) is 3.41. The van der Waals surface area contributed by atoms with Crippen molar-refractivity contribution in [3.05, 3.63) is 20.6 Å². The average Bonchev–Trinajstić information content (AvgIpc) is 1.37. The minimum absolute atomic E-state index is 0. The van der Waals surface area contributed by atoms with Gasteiger partial charge in [-0.05, 0) is 6.54 Å². The zero-order valence-corrected chi connectivity index (χ0v) is 8.15. The van der Waals surface area contributed by atoms with Crippen LogP contribution in [0.15, 0.2) is 0 Å². The van der Waals surface area contributed by atoms with Crippen molar-refractivity contribution in [2.24, 2.45) is 5.73 Å². The SMILES string of the molecule is [CH3-].[CH3-].[NH-]CCN.[Ta]. The summed E-state index contributed by atoms with van der Waals surface area (Å²) in [5.41, 5.74) is 11.2. The molecule has 0 aliphatic carbocycles. The van der Waals surface area contributed by atoms with Gasteiger partial charge in [-0.25, -0.2) is 0 Å². The Morgan fingerprint density at radius 1 is 1.29 bits per heavy atom. The van der Waals surface area contributed by atoms with Crippen LogP contribution in [0.1, 0.15) is 0 Å². The van der Waals surface area contributed by atoms with Gasteiger partial charge in [0.25, 0.3) is 0 Å². The molecule has 0 heterocycles. The number of nitrogens with two attached hydrogens (primary N) is 1. The molecule has 0 saturated heterocycles. The van der Waals surface area contributed by atoms with Crippen LogP contribution in [0.3, 0.4) is 0 Å². The van der Waals surface area contributed by atoms with Gasteiger partial charge in [-0.1, -0.05) is 0 Å². The van der Waals surface area contributed by atoms with Gasteiger partial charge in [-0.3, -0.25) is 0 Å². The molecule has 0 aliphatic heterocycles. The summed E-state index contributed by atoms with van der Waals surface area (Å²) in [7, 11) is 0. The van der Waals surface area contributed by atoms with Gasteiger partial charge < -0.3 is 26.3 Å². The van der Waals surface area contributed by atoms with E-state index in [1.165, 1.54) is 0 Å². The first-order valence-corrected chi connectivity index (χ1v) is 1.26. The maximum absolute atomic E-state index is 6.33. The second-order valence-electron chi connectivity index (χ2n) is 0.539. The molecule has 2 nitrogen and oxygen atoms in total. The van der Waals surface area contributed by atoms with Crippen molar-refractivity contribution in [2.45, 2.75) is 0 Å². The van der Waals surface area contributed by atoms with E-state index >= 15 is 0 Å². The zero-order valence-electron chi connectivity index (χ0n) is 4.94. The summed E-state index contributed by atoms with van der Waals surface area (Å²) in [6.45, 7) is 0.833. The van der Waals surface area contributed by atoms with Crippen LogP contribution in [0.25, 0.3) is 5.73 Å². The molecule has 0 spiro atoms. The Balaban J connectivity index is -0.0000000150. The normalized spacial score (nSPS) is 4.29. The molecule has 0 aromatic carbocycles. The summed E-state index contributed by atoms with van der Waals surface area (Å²) in [5.74, 6) is 0. The van der Waals surface area contributed by atoms with Crippen LogP contribution in [0.4, 0.5) is 0 Å². The second kappa shape index (κ2) is 30.2. The van der Waals surface area contributed by atoms with Crippen molar-refractivity contribution in [1.82, 2.24) is 0 Å². The van der Waals surface area contributed by atoms with Crippen LogP contribution < -0.4 is 5.73 Å². The molecular weight excluding hydrogens is 257 g/mol. The molecule has 0 amide bonds. The van der Waals surface area contributed by atoms with Crippen LogP contribution in [0, 0.1) is 14.9 Å². The maximum Gasteiger partial charge on any atom is 0 e. The molecule has 47 valence electrons. The Bertz CT molecular complexity index is 11.7. The molecule has 1 radical (unpaired) electrons. The van der Waals surface area contributed by atoms with E-state index < -0.39 is 0 Å². The van der Waals surface area contributed by atoms with Crippen LogP contribution in [-0.2, 0) is 22.4 Å². The molecule has 0 fully saturated rings. The van der Waals surface area contributed by atoms with Crippen molar-refractivity contribution >= 4 is 0 Å². The molecule has 0 aliphatic rings. The Morgan fingerprint density at radius 2 is 1.43 bits per heavy atom. The summed E-state index contributed by atoms with van der Waals surface area (Å²) >= 11 is 0. The first-order valence-electron chi connectivity index (χ1n) is 1.26. The van der Waals surface area contributed by atoms with Gasteiger partial charge in [-0.15, -0.1) is 6.54 Å². The van der Waals surface area contributed by atoms with Gasteiger partial charge in [0, 0.05) is 22.4 Å². The van der Waals surface area contributed by atoms with Gasteiger partial charge in [0.15, 0.2) is 0 Å². The molecule has 0 atom stereocenters. The van der Waals surface area contributed by atoms with E-state index in [2.05, 4.69) is 0 Å². The fraction of sp³-hybridized carbons (Fsp3) is 0.500. The van der Waals surface area contributed by atoms with Gasteiger partial charge in [0.05, 0.1) is 0 Å². The van der Waals surface area contributed by atoms with E-state index in [0.717, 1.165) is 0 Å². The van der Waals surface area contributed by atoms with E-state index in [1.807, 2.05) is 0 Å². The monoisotopic (exact) mass is 270 g/mol. The fourth-order valence-corrected chi connectivity index (χ4v) is 0. The smallest absolute Gasteiger partial charge is 0 e. The van der Waals surface area contributed by atoms with Crippen LogP contribution in [0.2, 0.25) is 0 Å². The Labute approximate surface area is 62.2 Å². The number of nitrogens with one attached hydrogen (secondary N) is 1. The molecule has 0 aromatic rings. The molecule has 0 bridgehead atoms. The standard InChI is InChI=1S/C2H7N2.2CH3.Ta/c3-1-2-4;;;/h3H,1-2,4H2;2*1H3;/q3*-1;. The summed E-state index contributed by atoms with van der Waals surface area (Å²) in [4.78, 5) is 0. The predicted molar refractivity (Wildman–Crippen MR) is 31.1 cm³/mol. The summed E-state index contributed by atoms with van der Waals surface area (Å²) in [6.07, 6.45) is 0. The number of hydrogen-bond acceptors (Lipinski definition) is 1. The van der Waals surface area contributed by atoms with Gasteiger partial charge in [0.2, 0.25) is 0 Å². The minimum atomic E-state index is 0. The Morgan fingerprint density at radius 3 is 1.43 bits per heavy atom. The molecule has 0 saturated carbocycles. The van der Waals surface area contributed by atoms with E-state index in [4.69, 9.17) is 11.5 Å². The Kier molecular flexibility index (Phi) is 109. The average molecular weight is 270 g/mol. The topological polar surface area (TPSA) is 49.8 Å². The summed E-state index contributed by atoms with van der Waals surface area (Å²) < 4.78 is 0. The summed E-state index contributed by atoms with van der Waals surface area (Å²) in [5, 5.41) is 0. The van der Waals surface area contributed by atoms with Gasteiger partial charge >= 0.3 is 0 Å². The minimum Gasteiger partial charge on any atom is -0.676 e. The van der Waals surface area contributed by atoms with Crippen LogP contribution in [0.5, 0.6) is 0 Å². The molecule has 3 heteroatoms. The van der Waals surface area contributed by atoms with Gasteiger partial charge in [-0.2, -0.15) is 0 Å². The third-order valence-electron chi connectivity index (χ3n) is 0.144. The summed E-state index contributed by atoms with van der Waals surface area (Å²) in [6, 6.07) is 0. The van der Waals surface area contributed by atoms with Crippen molar-refractivity contribution in [2.75, 3.05) is 13.1 Å². The number of rotatable bonds is 1. The quantitative estimate of drug-likeness (QED) is 0.707. The molecule has 7 heavy (non-hydrogen) atoms. The third-order valence-corrected chi connectivity index (χ3v) is 0.144. The molecule has 0 unspecified atom stereocenters. The fourth-order valence-electron chi connectivity index (χ4n) is 0. The van der Waals surface area contributed by atoms with Crippen molar-refractivity contribution in [3.8, 4) is 0 Å². The third kappa shape index (κ3) is 52.5. The van der Waals surface area contributed by atoms with Crippen LogP contribution >= 0.6 is 0 Å². The molecule has 0 aromatic heterocycles.